The van der Waals surface area contributed by atoms with Gasteiger partial charge in [0.1, 0.15) is 0 Å². The predicted octanol–water partition coefficient (Wildman–Crippen LogP) is 4.69. The first-order valence-corrected chi connectivity index (χ1v) is 6.97. The second-order valence-electron chi connectivity index (χ2n) is 5.02. The highest BCUT2D eigenvalue weighted by Gasteiger charge is 2.53. The van der Waals surface area contributed by atoms with Gasteiger partial charge in [-0.05, 0) is 19.3 Å². The van der Waals surface area contributed by atoms with E-state index < -0.39 is 0 Å². The molecule has 0 saturated carbocycles. The van der Waals surface area contributed by atoms with Gasteiger partial charge in [0.15, 0.2) is 0 Å². The Labute approximate surface area is 95.6 Å². The predicted molar refractivity (Wildman–Crippen MR) is 66.2 cm³/mol. The van der Waals surface area contributed by atoms with Gasteiger partial charge in [0.25, 0.3) is 0 Å². The van der Waals surface area contributed by atoms with Crippen molar-refractivity contribution in [1.82, 2.24) is 0 Å². The van der Waals surface area contributed by atoms with Gasteiger partial charge >= 0.3 is 0 Å². The molecular weight excluding hydrogens is 184 g/mol. The van der Waals surface area contributed by atoms with Crippen molar-refractivity contribution in [2.75, 3.05) is 0 Å². The average Bonchev–Trinajstić information content (AvgIpc) is 2.95. The summed E-state index contributed by atoms with van der Waals surface area (Å²) < 4.78 is 6.01. The third-order valence-corrected chi connectivity index (χ3v) is 3.63. The lowest BCUT2D eigenvalue weighted by atomic mass is 9.90. The van der Waals surface area contributed by atoms with Crippen LogP contribution in [0.15, 0.2) is 0 Å². The minimum atomic E-state index is 0.321. The molecule has 0 bridgehead atoms. The van der Waals surface area contributed by atoms with Gasteiger partial charge in [0, 0.05) is 0 Å². The summed E-state index contributed by atoms with van der Waals surface area (Å²) in [7, 11) is 0. The maximum Gasteiger partial charge on any atom is 0.0948 e. The monoisotopic (exact) mass is 212 g/mol. The number of hydrogen-bond donors (Lipinski definition) is 0. The lowest BCUT2D eigenvalue weighted by Crippen LogP contribution is -2.15. The highest BCUT2D eigenvalue weighted by atomic mass is 16.6. The van der Waals surface area contributed by atoms with E-state index in [1.807, 2.05) is 0 Å². The summed E-state index contributed by atoms with van der Waals surface area (Å²) in [6.07, 6.45) is 12.4. The maximum atomic E-state index is 6.01. The van der Waals surface area contributed by atoms with Gasteiger partial charge in [0.2, 0.25) is 0 Å². The minimum Gasteiger partial charge on any atom is -0.366 e. The molecule has 0 aromatic heterocycles. The van der Waals surface area contributed by atoms with Crippen molar-refractivity contribution in [2.45, 2.75) is 90.3 Å². The molecule has 1 aliphatic heterocycles. The molecule has 0 aromatic carbocycles. The van der Waals surface area contributed by atoms with Gasteiger partial charge in [-0.2, -0.15) is 0 Å². The Bertz CT molecular complexity index is 157. The van der Waals surface area contributed by atoms with Crippen LogP contribution >= 0.6 is 0 Å². The number of rotatable bonds is 9. The second-order valence-corrected chi connectivity index (χ2v) is 5.02. The van der Waals surface area contributed by atoms with E-state index >= 15 is 0 Å². The Kier molecular flexibility index (Phi) is 5.66. The molecule has 1 unspecified atom stereocenters. The van der Waals surface area contributed by atoms with Crippen molar-refractivity contribution in [3.8, 4) is 0 Å². The Morgan fingerprint density at radius 3 is 1.87 bits per heavy atom. The minimum absolute atomic E-state index is 0.321. The van der Waals surface area contributed by atoms with Gasteiger partial charge in [-0.3, -0.25) is 0 Å². The van der Waals surface area contributed by atoms with E-state index in [9.17, 15) is 0 Å². The van der Waals surface area contributed by atoms with Crippen molar-refractivity contribution in [3.05, 3.63) is 0 Å². The molecular formula is C14H28O. The first kappa shape index (κ1) is 13.0. The third kappa shape index (κ3) is 3.79. The Morgan fingerprint density at radius 2 is 1.40 bits per heavy atom. The lowest BCUT2D eigenvalue weighted by molar-refractivity contribution is 0.256. The van der Waals surface area contributed by atoms with Crippen LogP contribution in [0.25, 0.3) is 0 Å². The van der Waals surface area contributed by atoms with Crippen molar-refractivity contribution in [1.29, 1.82) is 0 Å². The smallest absolute Gasteiger partial charge is 0.0948 e. The van der Waals surface area contributed by atoms with Gasteiger partial charge in [-0.25, -0.2) is 0 Å². The van der Waals surface area contributed by atoms with E-state index in [-0.39, 0.29) is 0 Å². The van der Waals surface area contributed by atoms with Crippen LogP contribution in [-0.4, -0.2) is 11.7 Å². The third-order valence-electron chi connectivity index (χ3n) is 3.63. The van der Waals surface area contributed by atoms with E-state index in [2.05, 4.69) is 20.8 Å². The van der Waals surface area contributed by atoms with Crippen LogP contribution in [0.2, 0.25) is 0 Å². The highest BCUT2D eigenvalue weighted by molar-refractivity contribution is 5.01. The molecule has 1 fully saturated rings. The van der Waals surface area contributed by atoms with Crippen LogP contribution in [0, 0.1) is 0 Å². The SMILES string of the molecule is CCCCC1OC1(CCCC)CCCC. The average molecular weight is 212 g/mol. The van der Waals surface area contributed by atoms with Crippen LogP contribution in [0.4, 0.5) is 0 Å². The van der Waals surface area contributed by atoms with Crippen LogP contribution in [0.3, 0.4) is 0 Å². The zero-order valence-corrected chi connectivity index (χ0v) is 10.8. The fourth-order valence-corrected chi connectivity index (χ4v) is 2.48. The summed E-state index contributed by atoms with van der Waals surface area (Å²) in [6.45, 7) is 6.82. The van der Waals surface area contributed by atoms with E-state index in [1.54, 1.807) is 0 Å². The summed E-state index contributed by atoms with van der Waals surface area (Å²) in [6, 6.07) is 0. The standard InChI is InChI=1S/C14H28O/c1-4-7-10-13-14(15-13,11-8-5-2)12-9-6-3/h13H,4-12H2,1-3H3. The second kappa shape index (κ2) is 6.52. The zero-order valence-electron chi connectivity index (χ0n) is 10.8. The lowest BCUT2D eigenvalue weighted by Gasteiger charge is -2.11. The molecule has 0 aromatic rings. The summed E-state index contributed by atoms with van der Waals surface area (Å²) in [4.78, 5) is 0. The molecule has 1 aliphatic rings. The zero-order chi connectivity index (χ0) is 11.1. The molecule has 90 valence electrons. The summed E-state index contributed by atoms with van der Waals surface area (Å²) >= 11 is 0. The topological polar surface area (TPSA) is 12.5 Å². The number of hydrogen-bond acceptors (Lipinski definition) is 1. The highest BCUT2D eigenvalue weighted by Crippen LogP contribution is 2.47. The summed E-state index contributed by atoms with van der Waals surface area (Å²) in [5.74, 6) is 0. The number of ether oxygens (including phenoxy) is 1. The molecule has 1 nitrogen and oxygen atoms in total. The largest absolute Gasteiger partial charge is 0.366 e. The molecule has 0 amide bonds. The molecule has 0 radical (unpaired) electrons. The molecule has 1 rings (SSSR count). The summed E-state index contributed by atoms with van der Waals surface area (Å²) in [5.41, 5.74) is 0.321. The van der Waals surface area contributed by atoms with Crippen LogP contribution < -0.4 is 0 Å². The van der Waals surface area contributed by atoms with E-state index in [1.165, 1.54) is 57.8 Å². The van der Waals surface area contributed by atoms with Crippen LogP contribution in [0.5, 0.6) is 0 Å². The van der Waals surface area contributed by atoms with Crippen molar-refractivity contribution in [2.24, 2.45) is 0 Å². The fraction of sp³-hybridized carbons (Fsp3) is 1.00. The molecule has 0 aliphatic carbocycles. The van der Waals surface area contributed by atoms with Gasteiger partial charge in [-0.1, -0.05) is 59.3 Å². The maximum absolute atomic E-state index is 6.01. The van der Waals surface area contributed by atoms with Crippen molar-refractivity contribution >= 4 is 0 Å². The number of epoxide rings is 1. The molecule has 1 saturated heterocycles. The van der Waals surface area contributed by atoms with Crippen LogP contribution in [0.1, 0.15) is 78.6 Å². The van der Waals surface area contributed by atoms with Gasteiger partial charge in [0.05, 0.1) is 11.7 Å². The van der Waals surface area contributed by atoms with E-state index in [0.29, 0.717) is 11.7 Å². The molecule has 15 heavy (non-hydrogen) atoms. The summed E-state index contributed by atoms with van der Waals surface area (Å²) in [5, 5.41) is 0. The van der Waals surface area contributed by atoms with Gasteiger partial charge < -0.3 is 4.74 Å². The van der Waals surface area contributed by atoms with Crippen molar-refractivity contribution < 1.29 is 4.74 Å². The van der Waals surface area contributed by atoms with E-state index in [4.69, 9.17) is 4.74 Å². The normalized spacial score (nSPS) is 23.0. The number of unbranched alkanes of at least 4 members (excludes halogenated alkanes) is 3. The molecule has 0 N–H and O–H groups in total. The quantitative estimate of drug-likeness (QED) is 0.505. The first-order valence-electron chi connectivity index (χ1n) is 6.97. The molecule has 1 atom stereocenters. The Morgan fingerprint density at radius 1 is 0.867 bits per heavy atom. The molecule has 1 heterocycles. The van der Waals surface area contributed by atoms with Crippen molar-refractivity contribution in [3.63, 3.8) is 0 Å². The molecule has 1 heteroatoms. The Hall–Kier alpha value is -0.0400. The Balaban J connectivity index is 2.29. The first-order chi connectivity index (χ1) is 7.29. The fourth-order valence-electron chi connectivity index (χ4n) is 2.48. The van der Waals surface area contributed by atoms with E-state index in [0.717, 1.165) is 0 Å². The molecule has 0 spiro atoms. The van der Waals surface area contributed by atoms with Gasteiger partial charge in [-0.15, -0.1) is 0 Å². The van der Waals surface area contributed by atoms with Crippen LogP contribution in [-0.2, 0) is 4.74 Å².